The summed E-state index contributed by atoms with van der Waals surface area (Å²) in [5.74, 6) is 0. The Morgan fingerprint density at radius 1 is 1.17 bits per heavy atom. The number of halogens is 1. The van der Waals surface area contributed by atoms with Gasteiger partial charge in [0.15, 0.2) is 0 Å². The Morgan fingerprint density at radius 3 is 3.06 bits per heavy atom. The summed E-state index contributed by atoms with van der Waals surface area (Å²) in [7, 11) is 0. The Hall–Kier alpha value is -1.34. The number of pyridine rings is 1. The fourth-order valence-corrected chi connectivity index (χ4v) is 2.96. The van der Waals surface area contributed by atoms with Crippen LogP contribution in [-0.4, -0.2) is 10.4 Å². The van der Waals surface area contributed by atoms with E-state index in [1.807, 2.05) is 12.4 Å². The second-order valence-corrected chi connectivity index (χ2v) is 5.42. The predicted octanol–water partition coefficient (Wildman–Crippen LogP) is 4.80. The summed E-state index contributed by atoms with van der Waals surface area (Å²) >= 11 is 6.32. The predicted molar refractivity (Wildman–Crippen MR) is 77.8 cm³/mol. The second-order valence-electron chi connectivity index (χ2n) is 4.86. The summed E-state index contributed by atoms with van der Waals surface area (Å²) in [6, 6.07) is 8.50. The molecule has 0 fully saturated rings. The molecule has 0 radical (unpaired) electrons. The minimum atomic E-state index is 0.175. The summed E-state index contributed by atoms with van der Waals surface area (Å²) in [4.78, 5) is 4.25. The Bertz CT molecular complexity index is 583. The van der Waals surface area contributed by atoms with Gasteiger partial charge in [-0.1, -0.05) is 30.7 Å². The van der Waals surface area contributed by atoms with Gasteiger partial charge in [0, 0.05) is 17.8 Å². The van der Waals surface area contributed by atoms with E-state index >= 15 is 0 Å². The van der Waals surface area contributed by atoms with E-state index in [4.69, 9.17) is 11.6 Å². The molecule has 0 bridgehead atoms. The molecule has 0 N–H and O–H groups in total. The van der Waals surface area contributed by atoms with Crippen LogP contribution in [0.3, 0.4) is 0 Å². The lowest BCUT2D eigenvalue weighted by atomic mass is 9.96. The summed E-state index contributed by atoms with van der Waals surface area (Å²) in [6.07, 6.45) is 10.7. The van der Waals surface area contributed by atoms with E-state index in [1.54, 1.807) is 0 Å². The molecule has 1 heterocycles. The molecule has 18 heavy (non-hydrogen) atoms. The van der Waals surface area contributed by atoms with Crippen molar-refractivity contribution in [2.45, 2.75) is 31.1 Å². The molecule has 2 aromatic rings. The molecule has 1 aliphatic carbocycles. The Labute approximate surface area is 112 Å². The van der Waals surface area contributed by atoms with E-state index in [-0.39, 0.29) is 5.38 Å². The van der Waals surface area contributed by atoms with E-state index in [0.717, 1.165) is 12.8 Å². The molecule has 3 rings (SSSR count). The van der Waals surface area contributed by atoms with Crippen molar-refractivity contribution >= 4 is 27.9 Å². The lowest BCUT2D eigenvalue weighted by Gasteiger charge is -2.10. The van der Waals surface area contributed by atoms with Crippen molar-refractivity contribution in [3.63, 3.8) is 0 Å². The summed E-state index contributed by atoms with van der Waals surface area (Å²) < 4.78 is 0. The Morgan fingerprint density at radius 2 is 2.11 bits per heavy atom. The van der Waals surface area contributed by atoms with Gasteiger partial charge in [0.2, 0.25) is 0 Å². The van der Waals surface area contributed by atoms with Crippen LogP contribution in [-0.2, 0) is 0 Å². The molecular weight excluding hydrogens is 242 g/mol. The Kier molecular flexibility index (Phi) is 3.33. The minimum absolute atomic E-state index is 0.175. The zero-order chi connectivity index (χ0) is 12.4. The van der Waals surface area contributed by atoms with Gasteiger partial charge >= 0.3 is 0 Å². The maximum atomic E-state index is 6.32. The van der Waals surface area contributed by atoms with Crippen LogP contribution < -0.4 is 0 Å². The average molecular weight is 258 g/mol. The highest BCUT2D eigenvalue weighted by Crippen LogP contribution is 2.32. The van der Waals surface area contributed by atoms with Crippen molar-refractivity contribution in [1.82, 2.24) is 4.98 Å². The highest BCUT2D eigenvalue weighted by molar-refractivity contribution is 6.22. The molecule has 1 atom stereocenters. The lowest BCUT2D eigenvalue weighted by Crippen LogP contribution is -1.92. The zero-order valence-electron chi connectivity index (χ0n) is 10.3. The number of fused-ring (bicyclic) bond motifs is 1. The minimum Gasteiger partial charge on any atom is -0.264 e. The van der Waals surface area contributed by atoms with Crippen LogP contribution in [0.15, 0.2) is 42.7 Å². The van der Waals surface area contributed by atoms with Crippen LogP contribution in [0.2, 0.25) is 0 Å². The first-order chi connectivity index (χ1) is 8.84. The first-order valence-corrected chi connectivity index (χ1v) is 6.96. The largest absolute Gasteiger partial charge is 0.264 e. The zero-order valence-corrected chi connectivity index (χ0v) is 11.0. The van der Waals surface area contributed by atoms with Gasteiger partial charge in [-0.15, -0.1) is 11.6 Å². The van der Waals surface area contributed by atoms with E-state index in [2.05, 4.69) is 35.3 Å². The fraction of sp³-hybridized carbons (Fsp3) is 0.312. The van der Waals surface area contributed by atoms with Crippen LogP contribution in [0.1, 0.15) is 31.2 Å². The first kappa shape index (κ1) is 11.7. The van der Waals surface area contributed by atoms with Crippen molar-refractivity contribution in [2.75, 3.05) is 0 Å². The summed E-state index contributed by atoms with van der Waals surface area (Å²) in [5.41, 5.74) is 2.68. The van der Waals surface area contributed by atoms with Gasteiger partial charge in [0.1, 0.15) is 0 Å². The maximum absolute atomic E-state index is 6.32. The molecule has 1 unspecified atom stereocenters. The van der Waals surface area contributed by atoms with Gasteiger partial charge in [0.05, 0.1) is 5.38 Å². The van der Waals surface area contributed by atoms with Gasteiger partial charge in [-0.05, 0) is 41.9 Å². The van der Waals surface area contributed by atoms with Crippen LogP contribution in [0, 0.1) is 0 Å². The molecule has 0 saturated heterocycles. The number of nitrogens with zero attached hydrogens (tertiary/aromatic N) is 1. The maximum Gasteiger partial charge on any atom is 0.0521 e. The monoisotopic (exact) mass is 257 g/mol. The standard InChI is InChI=1S/C16H16ClN/c17-14-6-2-1-4-13(10-14)15-7-3-5-12-8-9-18-11-16(12)15/h3,5,7-11,14H,1-2,4,6H2. The van der Waals surface area contributed by atoms with Gasteiger partial charge < -0.3 is 0 Å². The normalized spacial score (nSPS) is 20.5. The third-order valence-corrected chi connectivity index (χ3v) is 3.93. The first-order valence-electron chi connectivity index (χ1n) is 6.52. The number of alkyl halides is 1. The van der Waals surface area contributed by atoms with Crippen molar-refractivity contribution in [3.8, 4) is 0 Å². The van der Waals surface area contributed by atoms with E-state index in [9.17, 15) is 0 Å². The van der Waals surface area contributed by atoms with Gasteiger partial charge in [0.25, 0.3) is 0 Å². The van der Waals surface area contributed by atoms with Crippen LogP contribution in [0.25, 0.3) is 16.3 Å². The Balaban J connectivity index is 2.13. The van der Waals surface area contributed by atoms with Crippen molar-refractivity contribution in [1.29, 1.82) is 0 Å². The highest BCUT2D eigenvalue weighted by atomic mass is 35.5. The second kappa shape index (κ2) is 5.11. The average Bonchev–Trinajstić information content (AvgIpc) is 2.63. The third kappa shape index (κ3) is 2.28. The number of hydrogen-bond acceptors (Lipinski definition) is 1. The summed E-state index contributed by atoms with van der Waals surface area (Å²) in [5, 5.41) is 2.66. The van der Waals surface area contributed by atoms with Crippen LogP contribution >= 0.6 is 11.6 Å². The topological polar surface area (TPSA) is 12.9 Å². The molecule has 1 aromatic carbocycles. The molecule has 2 heteroatoms. The number of allylic oxidation sites excluding steroid dienone is 2. The van der Waals surface area contributed by atoms with Crippen molar-refractivity contribution < 1.29 is 0 Å². The van der Waals surface area contributed by atoms with Crippen LogP contribution in [0.5, 0.6) is 0 Å². The lowest BCUT2D eigenvalue weighted by molar-refractivity contribution is 0.724. The number of aromatic nitrogens is 1. The van der Waals surface area contributed by atoms with Crippen molar-refractivity contribution in [3.05, 3.63) is 48.3 Å². The SMILES string of the molecule is ClC1C=C(c2cccc3ccncc23)CCCC1. The quantitative estimate of drug-likeness (QED) is 0.669. The number of hydrogen-bond donors (Lipinski definition) is 0. The highest BCUT2D eigenvalue weighted by Gasteiger charge is 2.12. The van der Waals surface area contributed by atoms with E-state index in [0.29, 0.717) is 0 Å². The molecule has 1 nitrogen and oxygen atoms in total. The smallest absolute Gasteiger partial charge is 0.0521 e. The number of benzene rings is 1. The molecule has 0 saturated carbocycles. The number of rotatable bonds is 1. The molecular formula is C16H16ClN. The van der Waals surface area contributed by atoms with Gasteiger partial charge in [-0.2, -0.15) is 0 Å². The molecule has 1 aromatic heterocycles. The van der Waals surface area contributed by atoms with Crippen LogP contribution in [0.4, 0.5) is 0 Å². The molecule has 92 valence electrons. The molecule has 0 amide bonds. The fourth-order valence-electron chi connectivity index (χ4n) is 2.66. The van der Waals surface area contributed by atoms with Gasteiger partial charge in [-0.25, -0.2) is 0 Å². The molecule has 0 aliphatic heterocycles. The third-order valence-electron chi connectivity index (χ3n) is 3.59. The summed E-state index contributed by atoms with van der Waals surface area (Å²) in [6.45, 7) is 0. The van der Waals surface area contributed by atoms with Crippen molar-refractivity contribution in [2.24, 2.45) is 0 Å². The molecule has 1 aliphatic rings. The van der Waals surface area contributed by atoms with Gasteiger partial charge in [-0.3, -0.25) is 4.98 Å². The van der Waals surface area contributed by atoms with E-state index < -0.39 is 0 Å². The van der Waals surface area contributed by atoms with E-state index in [1.165, 1.54) is 34.8 Å². The molecule has 0 spiro atoms.